The molecule has 0 heterocycles. The Morgan fingerprint density at radius 3 is 2.72 bits per heavy atom. The molecule has 0 radical (unpaired) electrons. The fourth-order valence-electron chi connectivity index (χ4n) is 1.35. The number of sulfone groups is 1. The van der Waals surface area contributed by atoms with E-state index in [0.29, 0.717) is 0 Å². The largest absolute Gasteiger partial charge is 0.399 e. The molecule has 0 saturated carbocycles. The Bertz CT molecular complexity index is 543. The molecule has 1 aromatic rings. The van der Waals surface area contributed by atoms with E-state index >= 15 is 0 Å². The van der Waals surface area contributed by atoms with Crippen LogP contribution < -0.4 is 11.1 Å². The second-order valence-corrected chi connectivity index (χ2v) is 6.24. The Labute approximate surface area is 105 Å². The van der Waals surface area contributed by atoms with Crippen molar-refractivity contribution in [3.05, 3.63) is 29.6 Å². The Morgan fingerprint density at radius 2 is 2.11 bits per heavy atom. The number of carbonyl (C=O) groups excluding carboxylic acids is 1. The predicted octanol–water partition coefficient (Wildman–Crippen LogP) is 0.572. The van der Waals surface area contributed by atoms with Gasteiger partial charge in [-0.3, -0.25) is 4.79 Å². The van der Waals surface area contributed by atoms with Gasteiger partial charge in [0.15, 0.2) is 0 Å². The van der Waals surface area contributed by atoms with Crippen molar-refractivity contribution in [1.29, 1.82) is 0 Å². The van der Waals surface area contributed by atoms with Gasteiger partial charge in [-0.15, -0.1) is 0 Å². The van der Waals surface area contributed by atoms with Gasteiger partial charge in [0.05, 0.1) is 11.3 Å². The average molecular weight is 274 g/mol. The number of rotatable bonds is 5. The van der Waals surface area contributed by atoms with Crippen LogP contribution in [0.5, 0.6) is 0 Å². The van der Waals surface area contributed by atoms with Gasteiger partial charge < -0.3 is 11.1 Å². The molecular formula is C11H15FN2O3S. The molecule has 3 N–H and O–H groups in total. The lowest BCUT2D eigenvalue weighted by Gasteiger charge is -2.06. The van der Waals surface area contributed by atoms with Gasteiger partial charge in [0.1, 0.15) is 15.7 Å². The zero-order chi connectivity index (χ0) is 13.8. The van der Waals surface area contributed by atoms with Crippen LogP contribution in [0.3, 0.4) is 0 Å². The molecule has 0 aliphatic rings. The van der Waals surface area contributed by atoms with Gasteiger partial charge in [-0.1, -0.05) is 0 Å². The zero-order valence-corrected chi connectivity index (χ0v) is 10.8. The van der Waals surface area contributed by atoms with E-state index in [-0.39, 0.29) is 30.0 Å². The first-order chi connectivity index (χ1) is 8.29. The van der Waals surface area contributed by atoms with Crippen LogP contribution >= 0.6 is 0 Å². The van der Waals surface area contributed by atoms with Crippen LogP contribution in [0.1, 0.15) is 16.8 Å². The van der Waals surface area contributed by atoms with E-state index in [1.54, 1.807) is 0 Å². The lowest BCUT2D eigenvalue weighted by Crippen LogP contribution is -2.26. The van der Waals surface area contributed by atoms with E-state index in [1.165, 1.54) is 12.1 Å². The van der Waals surface area contributed by atoms with E-state index in [4.69, 9.17) is 5.73 Å². The summed E-state index contributed by atoms with van der Waals surface area (Å²) in [6.07, 6.45) is 1.40. The van der Waals surface area contributed by atoms with Crippen molar-refractivity contribution in [2.75, 3.05) is 24.3 Å². The number of nitrogens with two attached hydrogens (primary N) is 1. The normalized spacial score (nSPS) is 11.2. The van der Waals surface area contributed by atoms with Crippen LogP contribution in [-0.2, 0) is 9.84 Å². The molecule has 0 aromatic heterocycles. The minimum absolute atomic E-state index is 0.0211. The Hall–Kier alpha value is -1.63. The summed E-state index contributed by atoms with van der Waals surface area (Å²) in [7, 11) is -3.05. The van der Waals surface area contributed by atoms with Gasteiger partial charge >= 0.3 is 0 Å². The molecule has 5 nitrogen and oxygen atoms in total. The molecule has 0 atom stereocenters. The molecule has 0 fully saturated rings. The number of anilines is 1. The third-order valence-electron chi connectivity index (χ3n) is 2.21. The number of amides is 1. The van der Waals surface area contributed by atoms with Crippen molar-refractivity contribution in [1.82, 2.24) is 5.32 Å². The molecule has 7 heteroatoms. The highest BCUT2D eigenvalue weighted by atomic mass is 32.2. The smallest absolute Gasteiger partial charge is 0.254 e. The van der Waals surface area contributed by atoms with Crippen molar-refractivity contribution in [2.24, 2.45) is 0 Å². The molecule has 1 amide bonds. The quantitative estimate of drug-likeness (QED) is 0.607. The van der Waals surface area contributed by atoms with Gasteiger partial charge in [0.25, 0.3) is 5.91 Å². The molecule has 0 aliphatic heterocycles. The third kappa shape index (κ3) is 4.70. The van der Waals surface area contributed by atoms with Gasteiger partial charge in [-0.25, -0.2) is 12.8 Å². The lowest BCUT2D eigenvalue weighted by molar-refractivity contribution is 0.0949. The third-order valence-corrected chi connectivity index (χ3v) is 3.24. The summed E-state index contributed by atoms with van der Waals surface area (Å²) in [5.74, 6) is -1.29. The summed E-state index contributed by atoms with van der Waals surface area (Å²) in [4.78, 5) is 11.6. The van der Waals surface area contributed by atoms with Crippen molar-refractivity contribution in [3.8, 4) is 0 Å². The van der Waals surface area contributed by atoms with Crippen LogP contribution in [0.25, 0.3) is 0 Å². The molecule has 18 heavy (non-hydrogen) atoms. The second-order valence-electron chi connectivity index (χ2n) is 3.98. The monoisotopic (exact) mass is 274 g/mol. The van der Waals surface area contributed by atoms with E-state index in [9.17, 15) is 17.6 Å². The maximum atomic E-state index is 13.3. The van der Waals surface area contributed by atoms with Crippen molar-refractivity contribution in [3.63, 3.8) is 0 Å². The van der Waals surface area contributed by atoms with Crippen LogP contribution in [0, 0.1) is 5.82 Å². The maximum Gasteiger partial charge on any atom is 0.254 e. The molecule has 1 rings (SSSR count). The summed E-state index contributed by atoms with van der Waals surface area (Å²) in [6, 6.07) is 3.71. The number of halogens is 1. The zero-order valence-electron chi connectivity index (χ0n) is 9.94. The first-order valence-corrected chi connectivity index (χ1v) is 7.36. The molecule has 0 bridgehead atoms. The number of nitrogen functional groups attached to an aromatic ring is 1. The van der Waals surface area contributed by atoms with Crippen molar-refractivity contribution < 1.29 is 17.6 Å². The van der Waals surface area contributed by atoms with Crippen molar-refractivity contribution in [2.45, 2.75) is 6.42 Å². The fraction of sp³-hybridized carbons (Fsp3) is 0.364. The Balaban J connectivity index is 2.53. The summed E-state index contributed by atoms with van der Waals surface area (Å²) in [5, 5.41) is 2.44. The molecule has 0 aliphatic carbocycles. The van der Waals surface area contributed by atoms with Gasteiger partial charge in [0.2, 0.25) is 0 Å². The van der Waals surface area contributed by atoms with Crippen molar-refractivity contribution >= 4 is 21.4 Å². The molecular weight excluding hydrogens is 259 g/mol. The number of carbonyl (C=O) groups is 1. The molecule has 100 valence electrons. The summed E-state index contributed by atoms with van der Waals surface area (Å²) >= 11 is 0. The second kappa shape index (κ2) is 5.81. The molecule has 0 spiro atoms. The van der Waals surface area contributed by atoms with E-state index in [0.717, 1.165) is 12.3 Å². The number of nitrogens with one attached hydrogen (secondary N) is 1. The van der Waals surface area contributed by atoms with Gasteiger partial charge in [-0.2, -0.15) is 0 Å². The van der Waals surface area contributed by atoms with E-state index in [1.807, 2.05) is 0 Å². The summed E-state index contributed by atoms with van der Waals surface area (Å²) < 4.78 is 35.0. The van der Waals surface area contributed by atoms with E-state index in [2.05, 4.69) is 5.32 Å². The highest BCUT2D eigenvalue weighted by Crippen LogP contribution is 2.11. The van der Waals surface area contributed by atoms with Crippen LogP contribution in [0.15, 0.2) is 18.2 Å². The van der Waals surface area contributed by atoms with Crippen LogP contribution in [-0.4, -0.2) is 32.9 Å². The molecule has 0 unspecified atom stereocenters. The summed E-state index contributed by atoms with van der Waals surface area (Å²) in [5.41, 5.74) is 5.60. The number of benzene rings is 1. The predicted molar refractivity (Wildman–Crippen MR) is 67.5 cm³/mol. The molecule has 0 saturated heterocycles. The van der Waals surface area contributed by atoms with Gasteiger partial charge in [-0.05, 0) is 24.6 Å². The Kier molecular flexibility index (Phi) is 4.66. The minimum Gasteiger partial charge on any atom is -0.399 e. The van der Waals surface area contributed by atoms with Crippen LogP contribution in [0.4, 0.5) is 10.1 Å². The average Bonchev–Trinajstić information content (AvgIpc) is 2.26. The number of hydrogen-bond donors (Lipinski definition) is 2. The van der Waals surface area contributed by atoms with E-state index < -0.39 is 21.6 Å². The maximum absolute atomic E-state index is 13.3. The summed E-state index contributed by atoms with van der Waals surface area (Å²) in [6.45, 7) is 0.167. The first-order valence-electron chi connectivity index (χ1n) is 5.30. The highest BCUT2D eigenvalue weighted by molar-refractivity contribution is 7.90. The lowest BCUT2D eigenvalue weighted by atomic mass is 10.2. The topological polar surface area (TPSA) is 89.3 Å². The fourth-order valence-corrected chi connectivity index (χ4v) is 2.02. The molecule has 1 aromatic carbocycles. The Morgan fingerprint density at radius 1 is 1.44 bits per heavy atom. The van der Waals surface area contributed by atoms with Gasteiger partial charge in [0, 0.05) is 18.5 Å². The minimum atomic E-state index is -3.05. The standard InChI is InChI=1S/C11H15FN2O3S/c1-18(16,17)6-2-5-14-11(15)9-7-8(13)3-4-10(9)12/h3-4,7H,2,5-6,13H2,1H3,(H,14,15). The van der Waals surface area contributed by atoms with Crippen LogP contribution in [0.2, 0.25) is 0 Å². The number of hydrogen-bond acceptors (Lipinski definition) is 4. The first kappa shape index (κ1) is 14.4. The highest BCUT2D eigenvalue weighted by Gasteiger charge is 2.11. The SMILES string of the molecule is CS(=O)(=O)CCCNC(=O)c1cc(N)ccc1F.